The van der Waals surface area contributed by atoms with Crippen molar-refractivity contribution in [3.63, 3.8) is 0 Å². The molecule has 0 unspecified atom stereocenters. The molecule has 2 saturated heterocycles. The molecule has 0 amide bonds. The number of carbonyl (C=O) groups is 1. The van der Waals surface area contributed by atoms with Gasteiger partial charge in [-0.1, -0.05) is 12.2 Å². The van der Waals surface area contributed by atoms with E-state index in [1.807, 2.05) is 0 Å². The molecule has 3 rings (SSSR count). The van der Waals surface area contributed by atoms with E-state index in [0.717, 1.165) is 0 Å². The van der Waals surface area contributed by atoms with Crippen LogP contribution in [-0.4, -0.2) is 116 Å². The Kier molecular flexibility index (Phi) is 10.7. The van der Waals surface area contributed by atoms with E-state index in [9.17, 15) is 40.5 Å². The van der Waals surface area contributed by atoms with E-state index >= 15 is 0 Å². The van der Waals surface area contributed by atoms with Gasteiger partial charge in [-0.05, 0) is 51.0 Å². The second-order valence-electron chi connectivity index (χ2n) is 10.2. The molecule has 0 saturated carbocycles. The van der Waals surface area contributed by atoms with Gasteiger partial charge in [0.15, 0.2) is 18.0 Å². The standard InChI is InChI=1S/C27H38O13/c1-4-26(3,34)11-5-6-15(2)23(33)36-13-27(35)14-37-25(22(27)32)40-21-20(31)19(30)18(12-28)39-24(21)38-17-9-7-16(29)8-10-17/h4,6-10,18-22,24-25,28-32,34-35H,1,5,11-14H2,2-3H3/b15-6-/t18-,19-,20+,21-,22-,24-,25+,26-,27-/m1/s1. The number of carbonyl (C=O) groups excluding carboxylic acids is 1. The maximum Gasteiger partial charge on any atom is 0.333 e. The molecule has 0 radical (unpaired) electrons. The van der Waals surface area contributed by atoms with Crippen LogP contribution in [0, 0.1) is 0 Å². The highest BCUT2D eigenvalue weighted by Crippen LogP contribution is 2.32. The number of aromatic hydroxyl groups is 1. The SMILES string of the molecule is C=C[C@@](C)(O)CC/C=C(/C)C(=O)OC[C@@]1(O)CO[C@@H](O[C@H]2[C@H](Oc3ccc(O)cc3)O[C@H](CO)[C@@H](O)[C@@H]2O)[C@H]1O. The molecule has 0 aliphatic carbocycles. The molecule has 40 heavy (non-hydrogen) atoms. The zero-order chi connectivity index (χ0) is 29.7. The minimum absolute atomic E-state index is 0.0256. The van der Waals surface area contributed by atoms with Crippen molar-refractivity contribution in [2.75, 3.05) is 19.8 Å². The number of hydrogen-bond acceptors (Lipinski definition) is 13. The molecule has 224 valence electrons. The minimum atomic E-state index is -2.06. The van der Waals surface area contributed by atoms with Crippen LogP contribution in [0.15, 0.2) is 48.6 Å². The average molecular weight is 571 g/mol. The van der Waals surface area contributed by atoms with Crippen LogP contribution in [0.3, 0.4) is 0 Å². The summed E-state index contributed by atoms with van der Waals surface area (Å²) in [7, 11) is 0. The highest BCUT2D eigenvalue weighted by Gasteiger charge is 2.54. The summed E-state index contributed by atoms with van der Waals surface area (Å²) in [6.45, 7) is 4.85. The summed E-state index contributed by atoms with van der Waals surface area (Å²) < 4.78 is 27.5. The van der Waals surface area contributed by atoms with Crippen LogP contribution < -0.4 is 4.74 Å². The molecule has 2 aliphatic rings. The Labute approximate surface area is 231 Å². The van der Waals surface area contributed by atoms with Gasteiger partial charge >= 0.3 is 5.97 Å². The van der Waals surface area contributed by atoms with Crippen LogP contribution in [0.5, 0.6) is 11.5 Å². The average Bonchev–Trinajstić information content (AvgIpc) is 3.21. The monoisotopic (exact) mass is 570 g/mol. The van der Waals surface area contributed by atoms with E-state index in [0.29, 0.717) is 12.8 Å². The topological polar surface area (TPSA) is 205 Å². The third-order valence-corrected chi connectivity index (χ3v) is 6.83. The Morgan fingerprint density at radius 3 is 2.50 bits per heavy atom. The predicted molar refractivity (Wildman–Crippen MR) is 137 cm³/mol. The largest absolute Gasteiger partial charge is 0.508 e. The van der Waals surface area contributed by atoms with Crippen LogP contribution >= 0.6 is 0 Å². The van der Waals surface area contributed by atoms with Gasteiger partial charge in [-0.3, -0.25) is 0 Å². The van der Waals surface area contributed by atoms with Gasteiger partial charge in [0.2, 0.25) is 6.29 Å². The number of hydrogen-bond donors (Lipinski definition) is 7. The second kappa shape index (κ2) is 13.4. The number of ether oxygens (including phenoxy) is 5. The van der Waals surface area contributed by atoms with Gasteiger partial charge in [0, 0.05) is 5.57 Å². The zero-order valence-electron chi connectivity index (χ0n) is 22.3. The quantitative estimate of drug-likeness (QED) is 0.0940. The lowest BCUT2D eigenvalue weighted by molar-refractivity contribution is -0.318. The van der Waals surface area contributed by atoms with Gasteiger partial charge < -0.3 is 59.4 Å². The van der Waals surface area contributed by atoms with Gasteiger partial charge in [0.05, 0.1) is 18.8 Å². The Morgan fingerprint density at radius 2 is 1.88 bits per heavy atom. The fraction of sp³-hybridized carbons (Fsp3) is 0.593. The first kappa shape index (κ1) is 31.9. The van der Waals surface area contributed by atoms with Crippen molar-refractivity contribution in [3.05, 3.63) is 48.6 Å². The molecule has 2 heterocycles. The molecule has 1 aromatic carbocycles. The molecular weight excluding hydrogens is 532 g/mol. The van der Waals surface area contributed by atoms with Gasteiger partial charge in [-0.2, -0.15) is 0 Å². The molecule has 0 spiro atoms. The van der Waals surface area contributed by atoms with Crippen molar-refractivity contribution in [2.24, 2.45) is 0 Å². The molecule has 0 aromatic heterocycles. The summed E-state index contributed by atoms with van der Waals surface area (Å²) in [5.74, 6) is -0.577. The van der Waals surface area contributed by atoms with E-state index in [4.69, 9.17) is 23.7 Å². The van der Waals surface area contributed by atoms with Crippen LogP contribution in [0.4, 0.5) is 0 Å². The van der Waals surface area contributed by atoms with Crippen molar-refractivity contribution in [1.82, 2.24) is 0 Å². The Morgan fingerprint density at radius 1 is 1.20 bits per heavy atom. The molecule has 13 heteroatoms. The maximum absolute atomic E-state index is 12.4. The van der Waals surface area contributed by atoms with Gasteiger partial charge in [0.25, 0.3) is 0 Å². The number of aliphatic hydroxyl groups excluding tert-OH is 4. The number of rotatable bonds is 12. The highest BCUT2D eigenvalue weighted by molar-refractivity contribution is 5.87. The highest BCUT2D eigenvalue weighted by atomic mass is 16.8. The first-order valence-corrected chi connectivity index (χ1v) is 12.8. The molecule has 0 bridgehead atoms. The molecule has 7 N–H and O–H groups in total. The number of phenols is 1. The van der Waals surface area contributed by atoms with Gasteiger partial charge in [0.1, 0.15) is 42.5 Å². The van der Waals surface area contributed by atoms with Crippen molar-refractivity contribution >= 4 is 5.97 Å². The number of aliphatic hydroxyl groups is 6. The lowest BCUT2D eigenvalue weighted by Gasteiger charge is -2.42. The number of phenolic OH excluding ortho intramolecular Hbond substituents is 1. The molecule has 2 aliphatic heterocycles. The van der Waals surface area contributed by atoms with Crippen LogP contribution in [-0.2, 0) is 23.7 Å². The fourth-order valence-electron chi connectivity index (χ4n) is 4.08. The molecule has 1 aromatic rings. The third-order valence-electron chi connectivity index (χ3n) is 6.83. The fourth-order valence-corrected chi connectivity index (χ4v) is 4.08. The van der Waals surface area contributed by atoms with Crippen molar-refractivity contribution in [3.8, 4) is 11.5 Å². The van der Waals surface area contributed by atoms with Crippen molar-refractivity contribution < 1.29 is 64.2 Å². The maximum atomic E-state index is 12.4. The van der Waals surface area contributed by atoms with E-state index < -0.39 is 80.1 Å². The molecule has 13 nitrogen and oxygen atoms in total. The Bertz CT molecular complexity index is 1030. The summed E-state index contributed by atoms with van der Waals surface area (Å²) in [4.78, 5) is 12.4. The van der Waals surface area contributed by atoms with Gasteiger partial charge in [-0.15, -0.1) is 6.58 Å². The number of allylic oxidation sites excluding steroid dienone is 1. The molecule has 9 atom stereocenters. The van der Waals surface area contributed by atoms with Crippen molar-refractivity contribution in [1.29, 1.82) is 0 Å². The van der Waals surface area contributed by atoms with Crippen molar-refractivity contribution in [2.45, 2.75) is 81.0 Å². The lowest BCUT2D eigenvalue weighted by atomic mass is 9.98. The summed E-state index contributed by atoms with van der Waals surface area (Å²) in [5.41, 5.74) is -2.92. The number of benzene rings is 1. The first-order chi connectivity index (χ1) is 18.8. The molecular formula is C27H38O13. The Balaban J connectivity index is 1.63. The second-order valence-corrected chi connectivity index (χ2v) is 10.2. The summed E-state index contributed by atoms with van der Waals surface area (Å²) >= 11 is 0. The Hall–Kier alpha value is -2.59. The van der Waals surface area contributed by atoms with E-state index in [2.05, 4.69) is 6.58 Å². The predicted octanol–water partition coefficient (Wildman–Crippen LogP) is -0.750. The van der Waals surface area contributed by atoms with Crippen LogP contribution in [0.25, 0.3) is 0 Å². The van der Waals surface area contributed by atoms with E-state index in [-0.39, 0.29) is 17.1 Å². The smallest absolute Gasteiger partial charge is 0.333 e. The zero-order valence-corrected chi connectivity index (χ0v) is 22.3. The third kappa shape index (κ3) is 7.78. The summed E-state index contributed by atoms with van der Waals surface area (Å²) in [5, 5.41) is 71.7. The van der Waals surface area contributed by atoms with E-state index in [1.54, 1.807) is 13.0 Å². The summed E-state index contributed by atoms with van der Waals surface area (Å²) in [6.07, 6.45) is -6.96. The number of esters is 1. The lowest BCUT2D eigenvalue weighted by Crippen LogP contribution is -2.62. The summed E-state index contributed by atoms with van der Waals surface area (Å²) in [6, 6.07) is 5.51. The minimum Gasteiger partial charge on any atom is -0.508 e. The molecule has 2 fully saturated rings. The van der Waals surface area contributed by atoms with Gasteiger partial charge in [-0.25, -0.2) is 4.79 Å². The van der Waals surface area contributed by atoms with Crippen LogP contribution in [0.1, 0.15) is 26.7 Å². The van der Waals surface area contributed by atoms with Crippen LogP contribution in [0.2, 0.25) is 0 Å². The normalized spacial score (nSPS) is 34.2. The van der Waals surface area contributed by atoms with E-state index in [1.165, 1.54) is 37.3 Å². The first-order valence-electron chi connectivity index (χ1n) is 12.8.